The van der Waals surface area contributed by atoms with Gasteiger partial charge in [0.1, 0.15) is 6.23 Å². The number of fused-ring (bicyclic) bond motifs is 1. The molecule has 4 nitrogen and oxygen atoms in total. The SMILES string of the molecule is CNCc1ccc2c(c1)ncn2C1CCCCO1. The molecule has 18 heavy (non-hydrogen) atoms. The largest absolute Gasteiger partial charge is 0.358 e. The lowest BCUT2D eigenvalue weighted by atomic mass is 10.1. The maximum absolute atomic E-state index is 5.82. The predicted molar refractivity (Wildman–Crippen MR) is 71.3 cm³/mol. The zero-order valence-corrected chi connectivity index (χ0v) is 10.7. The van der Waals surface area contributed by atoms with Crippen molar-refractivity contribution in [2.75, 3.05) is 13.7 Å². The van der Waals surface area contributed by atoms with Crippen LogP contribution in [-0.4, -0.2) is 23.2 Å². The van der Waals surface area contributed by atoms with Crippen molar-refractivity contribution in [1.29, 1.82) is 0 Å². The van der Waals surface area contributed by atoms with Gasteiger partial charge in [-0.3, -0.25) is 0 Å². The second-order valence-corrected chi connectivity index (χ2v) is 4.83. The Morgan fingerprint density at radius 2 is 2.39 bits per heavy atom. The van der Waals surface area contributed by atoms with Crippen molar-refractivity contribution in [3.63, 3.8) is 0 Å². The summed E-state index contributed by atoms with van der Waals surface area (Å²) in [4.78, 5) is 4.49. The molecule has 2 aromatic rings. The smallest absolute Gasteiger partial charge is 0.135 e. The maximum Gasteiger partial charge on any atom is 0.135 e. The number of rotatable bonds is 3. The zero-order valence-electron chi connectivity index (χ0n) is 10.7. The van der Waals surface area contributed by atoms with Crippen molar-refractivity contribution in [3.8, 4) is 0 Å². The van der Waals surface area contributed by atoms with Gasteiger partial charge in [-0.2, -0.15) is 0 Å². The fourth-order valence-electron chi connectivity index (χ4n) is 2.56. The van der Waals surface area contributed by atoms with E-state index in [2.05, 4.69) is 33.1 Å². The van der Waals surface area contributed by atoms with Crippen molar-refractivity contribution in [2.24, 2.45) is 0 Å². The van der Waals surface area contributed by atoms with E-state index in [1.807, 2.05) is 13.4 Å². The van der Waals surface area contributed by atoms with Crippen LogP contribution in [-0.2, 0) is 11.3 Å². The number of nitrogens with zero attached hydrogens (tertiary/aromatic N) is 2. The summed E-state index contributed by atoms with van der Waals surface area (Å²) in [6.07, 6.45) is 5.57. The normalized spacial score (nSPS) is 20.4. The second kappa shape index (κ2) is 5.08. The van der Waals surface area contributed by atoms with Crippen LogP contribution in [0.1, 0.15) is 31.1 Å². The monoisotopic (exact) mass is 245 g/mol. The van der Waals surface area contributed by atoms with E-state index in [0.717, 1.165) is 25.1 Å². The van der Waals surface area contributed by atoms with Gasteiger partial charge in [0.25, 0.3) is 0 Å². The van der Waals surface area contributed by atoms with E-state index in [1.165, 1.54) is 23.9 Å². The Morgan fingerprint density at radius 1 is 1.44 bits per heavy atom. The summed E-state index contributed by atoms with van der Waals surface area (Å²) in [5.74, 6) is 0. The Bertz CT molecular complexity index is 529. The van der Waals surface area contributed by atoms with E-state index in [-0.39, 0.29) is 6.23 Å². The Labute approximate surface area is 107 Å². The third kappa shape index (κ3) is 2.13. The van der Waals surface area contributed by atoms with Crippen LogP contribution in [0, 0.1) is 0 Å². The van der Waals surface area contributed by atoms with Crippen LogP contribution in [0.5, 0.6) is 0 Å². The highest BCUT2D eigenvalue weighted by atomic mass is 16.5. The summed E-state index contributed by atoms with van der Waals surface area (Å²) in [5, 5.41) is 3.16. The minimum absolute atomic E-state index is 0.166. The molecule has 0 amide bonds. The van der Waals surface area contributed by atoms with Gasteiger partial charge in [0.15, 0.2) is 0 Å². The first-order valence-corrected chi connectivity index (χ1v) is 6.60. The molecule has 0 bridgehead atoms. The Hall–Kier alpha value is -1.39. The van der Waals surface area contributed by atoms with Crippen LogP contribution in [0.4, 0.5) is 0 Å². The molecule has 1 aliphatic heterocycles. The molecule has 1 unspecified atom stereocenters. The van der Waals surface area contributed by atoms with Gasteiger partial charge in [0, 0.05) is 13.2 Å². The minimum Gasteiger partial charge on any atom is -0.358 e. The summed E-state index contributed by atoms with van der Waals surface area (Å²) < 4.78 is 7.98. The topological polar surface area (TPSA) is 39.1 Å². The summed E-state index contributed by atoms with van der Waals surface area (Å²) in [5.41, 5.74) is 3.48. The highest BCUT2D eigenvalue weighted by molar-refractivity contribution is 5.76. The molecule has 1 saturated heterocycles. The number of nitrogens with one attached hydrogen (secondary N) is 1. The van der Waals surface area contributed by atoms with Crippen LogP contribution < -0.4 is 5.32 Å². The highest BCUT2D eigenvalue weighted by Gasteiger charge is 2.17. The van der Waals surface area contributed by atoms with Crippen LogP contribution in [0.3, 0.4) is 0 Å². The van der Waals surface area contributed by atoms with Gasteiger partial charge in [-0.1, -0.05) is 6.07 Å². The van der Waals surface area contributed by atoms with Gasteiger partial charge >= 0.3 is 0 Å². The van der Waals surface area contributed by atoms with Crippen molar-refractivity contribution in [1.82, 2.24) is 14.9 Å². The van der Waals surface area contributed by atoms with Crippen LogP contribution in [0.15, 0.2) is 24.5 Å². The fourth-order valence-corrected chi connectivity index (χ4v) is 2.56. The number of benzene rings is 1. The molecule has 1 fully saturated rings. The van der Waals surface area contributed by atoms with Gasteiger partial charge in [-0.25, -0.2) is 4.98 Å². The molecule has 0 spiro atoms. The van der Waals surface area contributed by atoms with Gasteiger partial charge in [-0.15, -0.1) is 0 Å². The lowest BCUT2D eigenvalue weighted by Gasteiger charge is -2.24. The van der Waals surface area contributed by atoms with Gasteiger partial charge in [0.2, 0.25) is 0 Å². The Balaban J connectivity index is 1.93. The number of aromatic nitrogens is 2. The molecule has 0 saturated carbocycles. The lowest BCUT2D eigenvalue weighted by molar-refractivity contribution is -0.0295. The quantitative estimate of drug-likeness (QED) is 0.902. The highest BCUT2D eigenvalue weighted by Crippen LogP contribution is 2.26. The summed E-state index contributed by atoms with van der Waals surface area (Å²) >= 11 is 0. The van der Waals surface area contributed by atoms with Gasteiger partial charge < -0.3 is 14.6 Å². The lowest BCUT2D eigenvalue weighted by Crippen LogP contribution is -2.17. The molecule has 1 aromatic heterocycles. The average Bonchev–Trinajstić information content (AvgIpc) is 2.83. The van der Waals surface area contributed by atoms with Gasteiger partial charge in [0.05, 0.1) is 17.4 Å². The molecule has 0 radical (unpaired) electrons. The van der Waals surface area contributed by atoms with Crippen molar-refractivity contribution in [2.45, 2.75) is 32.0 Å². The third-order valence-electron chi connectivity index (χ3n) is 3.49. The van der Waals surface area contributed by atoms with E-state index in [0.29, 0.717) is 0 Å². The van der Waals surface area contributed by atoms with Crippen molar-refractivity contribution < 1.29 is 4.74 Å². The van der Waals surface area contributed by atoms with Crippen LogP contribution in [0.25, 0.3) is 11.0 Å². The van der Waals surface area contributed by atoms with E-state index in [4.69, 9.17) is 4.74 Å². The molecule has 2 heterocycles. The molecule has 1 aromatic carbocycles. The first kappa shape index (κ1) is 11.7. The van der Waals surface area contributed by atoms with Crippen molar-refractivity contribution >= 4 is 11.0 Å². The minimum atomic E-state index is 0.166. The number of hydrogen-bond donors (Lipinski definition) is 1. The van der Waals surface area contributed by atoms with E-state index >= 15 is 0 Å². The van der Waals surface area contributed by atoms with Gasteiger partial charge in [-0.05, 0) is 44.0 Å². The maximum atomic E-state index is 5.82. The second-order valence-electron chi connectivity index (χ2n) is 4.83. The first-order chi connectivity index (χ1) is 8.88. The molecule has 1 aliphatic rings. The molecule has 1 N–H and O–H groups in total. The number of imidazole rings is 1. The van der Waals surface area contributed by atoms with Crippen LogP contribution >= 0.6 is 0 Å². The molecule has 1 atom stereocenters. The van der Waals surface area contributed by atoms with Crippen molar-refractivity contribution in [3.05, 3.63) is 30.1 Å². The average molecular weight is 245 g/mol. The summed E-state index contributed by atoms with van der Waals surface area (Å²) in [6, 6.07) is 6.44. The molecular formula is C14H19N3O. The number of ether oxygens (including phenoxy) is 1. The molecule has 3 rings (SSSR count). The molecule has 0 aliphatic carbocycles. The Kier molecular flexibility index (Phi) is 3.30. The third-order valence-corrected chi connectivity index (χ3v) is 3.49. The predicted octanol–water partition coefficient (Wildman–Crippen LogP) is 2.45. The molecular weight excluding hydrogens is 226 g/mol. The Morgan fingerprint density at radius 3 is 3.17 bits per heavy atom. The standard InChI is InChI=1S/C14H19N3O/c1-15-9-11-5-6-13-12(8-11)16-10-17(13)14-4-2-3-7-18-14/h5-6,8,10,14-15H,2-4,7,9H2,1H3. The first-order valence-electron chi connectivity index (χ1n) is 6.60. The summed E-state index contributed by atoms with van der Waals surface area (Å²) in [7, 11) is 1.96. The fraction of sp³-hybridized carbons (Fsp3) is 0.500. The summed E-state index contributed by atoms with van der Waals surface area (Å²) in [6.45, 7) is 1.74. The zero-order chi connectivity index (χ0) is 12.4. The van der Waals surface area contributed by atoms with Crippen LogP contribution in [0.2, 0.25) is 0 Å². The van der Waals surface area contributed by atoms with E-state index in [1.54, 1.807) is 0 Å². The van der Waals surface area contributed by atoms with E-state index in [9.17, 15) is 0 Å². The van der Waals surface area contributed by atoms with E-state index < -0.39 is 0 Å². The molecule has 4 heteroatoms. The molecule has 96 valence electrons. The number of hydrogen-bond acceptors (Lipinski definition) is 3.